The molecule has 13 heteroatoms. The summed E-state index contributed by atoms with van der Waals surface area (Å²) in [5.41, 5.74) is 3.54. The molecule has 0 aliphatic carbocycles. The van der Waals surface area contributed by atoms with Gasteiger partial charge in [0, 0.05) is 64.5 Å². The number of nitrogens with zero attached hydrogens (tertiary/aromatic N) is 8. The van der Waals surface area contributed by atoms with E-state index >= 15 is 0 Å². The largest absolute Gasteiger partial charge is 0.467 e. The molecule has 210 valence electrons. The van der Waals surface area contributed by atoms with Crippen LogP contribution in [-0.4, -0.2) is 108 Å². The molecule has 3 aromatic rings. The number of fused-ring (bicyclic) bond motifs is 3. The van der Waals surface area contributed by atoms with Gasteiger partial charge in [0.2, 0.25) is 5.95 Å². The van der Waals surface area contributed by atoms with Crippen LogP contribution in [0.5, 0.6) is 5.75 Å². The lowest BCUT2D eigenvalue weighted by Crippen LogP contribution is -2.58. The molecule has 3 aliphatic rings. The molecule has 6 rings (SSSR count). The fraction of sp³-hybridized carbons (Fsp3) is 0.444. The first-order valence-corrected chi connectivity index (χ1v) is 13.4. The average molecular weight is 548 g/mol. The summed E-state index contributed by atoms with van der Waals surface area (Å²) >= 11 is 0. The second-order valence-electron chi connectivity index (χ2n) is 10.2. The van der Waals surface area contributed by atoms with E-state index in [1.807, 2.05) is 43.6 Å². The number of carboxylic acid groups (broad SMARTS) is 1. The average Bonchev–Trinajstić information content (AvgIpc) is 2.99. The number of para-hydroxylation sites is 1. The number of hydrogen-bond donors (Lipinski definition) is 2. The van der Waals surface area contributed by atoms with Gasteiger partial charge in [-0.05, 0) is 25.1 Å². The molecule has 5 heterocycles. The predicted molar refractivity (Wildman–Crippen MR) is 150 cm³/mol. The molecule has 2 aromatic heterocycles. The Balaban J connectivity index is 1.14. The van der Waals surface area contributed by atoms with Crippen LogP contribution < -0.4 is 24.8 Å². The Morgan fingerprint density at radius 1 is 1.07 bits per heavy atom. The van der Waals surface area contributed by atoms with Gasteiger partial charge < -0.3 is 39.5 Å². The van der Waals surface area contributed by atoms with E-state index in [0.717, 1.165) is 54.6 Å². The number of amides is 1. The first-order valence-electron chi connectivity index (χ1n) is 13.4. The number of benzene rings is 1. The molecule has 0 spiro atoms. The van der Waals surface area contributed by atoms with E-state index in [0.29, 0.717) is 31.3 Å². The molecule has 0 radical (unpaired) electrons. The summed E-state index contributed by atoms with van der Waals surface area (Å²) in [6.07, 6.45) is 2.82. The van der Waals surface area contributed by atoms with Gasteiger partial charge in [-0.1, -0.05) is 12.1 Å². The lowest BCUT2D eigenvalue weighted by molar-refractivity contribution is 0.0515. The van der Waals surface area contributed by atoms with Crippen LogP contribution in [0.1, 0.15) is 6.92 Å². The lowest BCUT2D eigenvalue weighted by Gasteiger charge is -2.45. The SMILES string of the molecule is COCOc1ccccc1-c1cc2c(nn1)NC[C@H]1CN(c3ncc(N4CCN(C(=O)O)C(C)C4)cn3)CCN21. The number of nitrogens with one attached hydrogen (secondary N) is 1. The summed E-state index contributed by atoms with van der Waals surface area (Å²) in [7, 11) is 1.59. The fourth-order valence-corrected chi connectivity index (χ4v) is 5.65. The Kier molecular flexibility index (Phi) is 7.11. The van der Waals surface area contributed by atoms with Crippen LogP contribution in [0.25, 0.3) is 11.3 Å². The van der Waals surface area contributed by atoms with Crippen LogP contribution in [0.15, 0.2) is 42.7 Å². The third kappa shape index (κ3) is 4.99. The second-order valence-corrected chi connectivity index (χ2v) is 10.2. The van der Waals surface area contributed by atoms with Crippen molar-refractivity contribution in [2.24, 2.45) is 0 Å². The molecule has 13 nitrogen and oxygen atoms in total. The highest BCUT2D eigenvalue weighted by molar-refractivity contribution is 5.77. The Labute approximate surface area is 232 Å². The fourth-order valence-electron chi connectivity index (χ4n) is 5.65. The van der Waals surface area contributed by atoms with Crippen molar-refractivity contribution in [1.29, 1.82) is 0 Å². The highest BCUT2D eigenvalue weighted by Gasteiger charge is 2.34. The molecule has 1 aromatic carbocycles. The first kappa shape index (κ1) is 25.9. The van der Waals surface area contributed by atoms with Gasteiger partial charge in [-0.2, -0.15) is 0 Å². The topological polar surface area (TPSA) is 132 Å². The van der Waals surface area contributed by atoms with Crippen molar-refractivity contribution < 1.29 is 19.4 Å². The van der Waals surface area contributed by atoms with Crippen molar-refractivity contribution in [2.75, 3.05) is 79.7 Å². The van der Waals surface area contributed by atoms with E-state index in [9.17, 15) is 9.90 Å². The third-order valence-corrected chi connectivity index (χ3v) is 7.71. The smallest absolute Gasteiger partial charge is 0.407 e. The molecule has 2 N–H and O–H groups in total. The summed E-state index contributed by atoms with van der Waals surface area (Å²) < 4.78 is 10.8. The van der Waals surface area contributed by atoms with Gasteiger partial charge in [0.05, 0.1) is 35.5 Å². The monoisotopic (exact) mass is 547 g/mol. The molecule has 2 saturated heterocycles. The van der Waals surface area contributed by atoms with E-state index in [1.165, 1.54) is 4.90 Å². The molecule has 0 saturated carbocycles. The summed E-state index contributed by atoms with van der Waals surface area (Å²) in [5, 5.41) is 21.7. The van der Waals surface area contributed by atoms with Crippen LogP contribution in [0, 0.1) is 0 Å². The van der Waals surface area contributed by atoms with Crippen LogP contribution in [0.3, 0.4) is 0 Å². The van der Waals surface area contributed by atoms with Crippen LogP contribution in [-0.2, 0) is 4.74 Å². The standard InChI is InChI=1S/C27H33N9O4/c1-18-15-33(7-9-35(18)27(37)38)19-12-29-26(30-13-19)34-8-10-36-20(16-34)14-28-25-23(36)11-22(31-32-25)21-5-3-4-6-24(21)40-17-39-2/h3-6,11-13,18,20H,7-10,14-17H2,1-2H3,(H,28,32)(H,37,38)/t18?,20-/m0/s1. The zero-order valence-electron chi connectivity index (χ0n) is 22.6. The van der Waals surface area contributed by atoms with Crippen molar-refractivity contribution in [2.45, 2.75) is 19.0 Å². The molecular weight excluding hydrogens is 514 g/mol. The third-order valence-electron chi connectivity index (χ3n) is 7.71. The quantitative estimate of drug-likeness (QED) is 0.439. The molecule has 1 unspecified atom stereocenters. The minimum atomic E-state index is -0.873. The zero-order chi connectivity index (χ0) is 27.6. The van der Waals surface area contributed by atoms with Gasteiger partial charge in [-0.15, -0.1) is 10.2 Å². The van der Waals surface area contributed by atoms with Crippen molar-refractivity contribution >= 4 is 29.2 Å². The number of ether oxygens (including phenoxy) is 2. The maximum atomic E-state index is 11.4. The highest BCUT2D eigenvalue weighted by Crippen LogP contribution is 2.36. The number of carbonyl (C=O) groups is 1. The highest BCUT2D eigenvalue weighted by atomic mass is 16.7. The van der Waals surface area contributed by atoms with Crippen LogP contribution in [0.2, 0.25) is 0 Å². The lowest BCUT2D eigenvalue weighted by atomic mass is 10.1. The maximum Gasteiger partial charge on any atom is 0.407 e. The normalized spacial score (nSPS) is 20.4. The van der Waals surface area contributed by atoms with Crippen molar-refractivity contribution in [1.82, 2.24) is 25.1 Å². The van der Waals surface area contributed by atoms with E-state index in [1.54, 1.807) is 7.11 Å². The zero-order valence-corrected chi connectivity index (χ0v) is 22.6. The van der Waals surface area contributed by atoms with Gasteiger partial charge in [0.15, 0.2) is 12.6 Å². The van der Waals surface area contributed by atoms with Gasteiger partial charge in [0.25, 0.3) is 0 Å². The molecule has 3 aliphatic heterocycles. The van der Waals surface area contributed by atoms with Crippen molar-refractivity contribution in [3.05, 3.63) is 42.7 Å². The van der Waals surface area contributed by atoms with Gasteiger partial charge in [-0.3, -0.25) is 0 Å². The minimum absolute atomic E-state index is 0.0859. The maximum absolute atomic E-state index is 11.4. The minimum Gasteiger partial charge on any atom is -0.467 e. The summed E-state index contributed by atoms with van der Waals surface area (Å²) in [6.45, 7) is 6.88. The first-order chi connectivity index (χ1) is 19.5. The number of piperazine rings is 2. The molecule has 40 heavy (non-hydrogen) atoms. The number of methoxy groups -OCH3 is 1. The Bertz CT molecular complexity index is 1360. The Morgan fingerprint density at radius 2 is 1.88 bits per heavy atom. The van der Waals surface area contributed by atoms with E-state index in [4.69, 9.17) is 9.47 Å². The summed E-state index contributed by atoms with van der Waals surface area (Å²) in [4.78, 5) is 29.0. The van der Waals surface area contributed by atoms with Crippen molar-refractivity contribution in [3.63, 3.8) is 0 Å². The molecular formula is C27H33N9O4. The Hall–Kier alpha value is -4.39. The van der Waals surface area contributed by atoms with Crippen LogP contribution >= 0.6 is 0 Å². The predicted octanol–water partition coefficient (Wildman–Crippen LogP) is 2.23. The van der Waals surface area contributed by atoms with Gasteiger partial charge >= 0.3 is 6.09 Å². The molecule has 2 atom stereocenters. The number of hydrogen-bond acceptors (Lipinski definition) is 11. The summed E-state index contributed by atoms with van der Waals surface area (Å²) in [6, 6.07) is 9.95. The number of anilines is 4. The second kappa shape index (κ2) is 11.0. The molecule has 2 fully saturated rings. The van der Waals surface area contributed by atoms with Gasteiger partial charge in [-0.25, -0.2) is 14.8 Å². The molecule has 0 bridgehead atoms. The van der Waals surface area contributed by atoms with Gasteiger partial charge in [0.1, 0.15) is 5.75 Å². The van der Waals surface area contributed by atoms with E-state index in [2.05, 4.69) is 46.2 Å². The summed E-state index contributed by atoms with van der Waals surface area (Å²) in [5.74, 6) is 2.17. The van der Waals surface area contributed by atoms with E-state index in [-0.39, 0.29) is 18.9 Å². The van der Waals surface area contributed by atoms with Crippen LogP contribution in [0.4, 0.5) is 27.9 Å². The molecule has 1 amide bonds. The van der Waals surface area contributed by atoms with E-state index < -0.39 is 6.09 Å². The van der Waals surface area contributed by atoms with Crippen molar-refractivity contribution in [3.8, 4) is 17.0 Å². The Morgan fingerprint density at radius 3 is 2.65 bits per heavy atom. The number of aromatic nitrogens is 4. The number of rotatable bonds is 6.